The first kappa shape index (κ1) is 22.1. The van der Waals surface area contributed by atoms with Crippen molar-refractivity contribution >= 4 is 23.1 Å². The number of carbonyl (C=O) groups is 1. The van der Waals surface area contributed by atoms with Gasteiger partial charge in [-0.15, -0.1) is 0 Å². The van der Waals surface area contributed by atoms with Crippen molar-refractivity contribution in [3.63, 3.8) is 0 Å². The lowest BCUT2D eigenvalue weighted by molar-refractivity contribution is -0.141. The Labute approximate surface area is 176 Å². The number of hydrazone groups is 1. The number of hydrogen-bond donors (Lipinski definition) is 3. The summed E-state index contributed by atoms with van der Waals surface area (Å²) in [6.07, 6.45) is -0.607. The van der Waals surface area contributed by atoms with E-state index in [2.05, 4.69) is 31.3 Å². The maximum atomic E-state index is 12.8. The number of amides is 1. The van der Waals surface area contributed by atoms with Gasteiger partial charge in [-0.05, 0) is 31.5 Å². The van der Waals surface area contributed by atoms with Gasteiger partial charge in [-0.25, -0.2) is 4.99 Å². The first-order chi connectivity index (χ1) is 14.6. The molecule has 3 N–H and O–H groups in total. The van der Waals surface area contributed by atoms with E-state index in [1.165, 1.54) is 7.05 Å². The number of halogens is 3. The number of aliphatic imine (C=N–C) groups is 1. The van der Waals surface area contributed by atoms with Crippen LogP contribution in [-0.4, -0.2) is 27.2 Å². The van der Waals surface area contributed by atoms with Gasteiger partial charge in [0, 0.05) is 49.4 Å². The maximum absolute atomic E-state index is 12.8. The molecule has 11 heteroatoms. The third-order valence-corrected chi connectivity index (χ3v) is 4.50. The number of aryl methyl sites for hydroxylation is 1. The Morgan fingerprint density at radius 1 is 1.35 bits per heavy atom. The largest absolute Gasteiger partial charge is 0.435 e. The van der Waals surface area contributed by atoms with Gasteiger partial charge in [-0.1, -0.05) is 12.1 Å². The number of rotatable bonds is 6. The lowest BCUT2D eigenvalue weighted by atomic mass is 10.1. The first-order valence-electron chi connectivity index (χ1n) is 9.43. The molecule has 164 valence electrons. The molecule has 1 aromatic carbocycles. The fraction of sp³-hybridized carbons (Fsp3) is 0.300. The van der Waals surface area contributed by atoms with Crippen molar-refractivity contribution in [2.45, 2.75) is 32.5 Å². The van der Waals surface area contributed by atoms with Crippen molar-refractivity contribution < 1.29 is 18.0 Å². The van der Waals surface area contributed by atoms with Crippen molar-refractivity contribution in [2.75, 3.05) is 5.32 Å². The Morgan fingerprint density at radius 2 is 2.13 bits per heavy atom. The molecule has 1 unspecified atom stereocenters. The highest BCUT2D eigenvalue weighted by Gasteiger charge is 2.35. The number of carbonyl (C=O) groups excluding carboxylic acids is 1. The maximum Gasteiger partial charge on any atom is 0.435 e. The molecule has 0 radical (unpaired) electrons. The Morgan fingerprint density at radius 3 is 2.77 bits per heavy atom. The Hall–Kier alpha value is -3.63. The zero-order valence-corrected chi connectivity index (χ0v) is 17.2. The van der Waals surface area contributed by atoms with Crippen molar-refractivity contribution in [3.05, 3.63) is 59.7 Å². The average molecular weight is 433 g/mol. The molecule has 1 amide bonds. The van der Waals surface area contributed by atoms with Crippen LogP contribution in [0.4, 0.5) is 18.9 Å². The van der Waals surface area contributed by atoms with Gasteiger partial charge in [0.05, 0.1) is 0 Å². The molecule has 0 spiro atoms. The molecular weight excluding hydrogens is 411 g/mol. The van der Waals surface area contributed by atoms with Crippen LogP contribution in [-0.2, 0) is 13.2 Å². The van der Waals surface area contributed by atoms with E-state index < -0.39 is 17.8 Å². The second-order valence-electron chi connectivity index (χ2n) is 7.03. The molecule has 1 aromatic heterocycles. The van der Waals surface area contributed by atoms with Gasteiger partial charge in [-0.2, -0.15) is 23.4 Å². The molecule has 8 nitrogen and oxygen atoms in total. The van der Waals surface area contributed by atoms with E-state index >= 15 is 0 Å². The summed E-state index contributed by atoms with van der Waals surface area (Å²) in [7, 11) is 1.29. The number of nitrogens with one attached hydrogen (secondary N) is 3. The molecule has 1 aliphatic rings. The molecule has 0 bridgehead atoms. The van der Waals surface area contributed by atoms with Gasteiger partial charge in [0.2, 0.25) is 0 Å². The molecule has 1 atom stereocenters. The van der Waals surface area contributed by atoms with Crippen LogP contribution in [0.15, 0.2) is 52.8 Å². The Bertz CT molecular complexity index is 1050. The van der Waals surface area contributed by atoms with Crippen molar-refractivity contribution in [1.82, 2.24) is 20.5 Å². The summed E-state index contributed by atoms with van der Waals surface area (Å²) in [6.45, 7) is 3.84. The summed E-state index contributed by atoms with van der Waals surface area (Å²) < 4.78 is 39.3. The highest BCUT2D eigenvalue weighted by atomic mass is 19.4. The number of anilines is 1. The van der Waals surface area contributed by atoms with Gasteiger partial charge < -0.3 is 10.6 Å². The number of benzene rings is 1. The van der Waals surface area contributed by atoms with Crippen LogP contribution in [0.5, 0.6) is 0 Å². The second kappa shape index (κ2) is 9.02. The predicted molar refractivity (Wildman–Crippen MR) is 112 cm³/mol. The number of hydrogen-bond acceptors (Lipinski definition) is 5. The number of amidine groups is 1. The molecule has 31 heavy (non-hydrogen) atoms. The lowest BCUT2D eigenvalue weighted by Crippen LogP contribution is -2.17. The number of aromatic nitrogens is 2. The van der Waals surface area contributed by atoms with Gasteiger partial charge in [0.15, 0.2) is 5.69 Å². The van der Waals surface area contributed by atoms with Crippen LogP contribution in [0.25, 0.3) is 0 Å². The highest BCUT2D eigenvalue weighted by molar-refractivity contribution is 6.06. The minimum atomic E-state index is -4.62. The van der Waals surface area contributed by atoms with Crippen LogP contribution in [0.1, 0.15) is 48.1 Å². The molecular formula is C20H22F3N7O. The van der Waals surface area contributed by atoms with Crippen molar-refractivity contribution in [3.8, 4) is 0 Å². The third kappa shape index (κ3) is 5.71. The average Bonchev–Trinajstić information content (AvgIpc) is 3.30. The predicted octanol–water partition coefficient (Wildman–Crippen LogP) is 3.58. The van der Waals surface area contributed by atoms with E-state index in [-0.39, 0.29) is 11.7 Å². The topological polar surface area (TPSA) is 95.7 Å². The van der Waals surface area contributed by atoms with E-state index in [9.17, 15) is 18.0 Å². The van der Waals surface area contributed by atoms with E-state index in [1.807, 2.05) is 19.9 Å². The van der Waals surface area contributed by atoms with Gasteiger partial charge in [0.1, 0.15) is 11.5 Å². The first-order valence-corrected chi connectivity index (χ1v) is 9.43. The summed E-state index contributed by atoms with van der Waals surface area (Å²) >= 11 is 0. The summed E-state index contributed by atoms with van der Waals surface area (Å²) in [5, 5.41) is 13.2. The van der Waals surface area contributed by atoms with E-state index in [1.54, 1.807) is 30.6 Å². The summed E-state index contributed by atoms with van der Waals surface area (Å²) in [5.41, 5.74) is 3.82. The number of nitrogens with zero attached hydrogens (tertiary/aromatic N) is 4. The van der Waals surface area contributed by atoms with Gasteiger partial charge in [0.25, 0.3) is 5.91 Å². The van der Waals surface area contributed by atoms with E-state index in [4.69, 9.17) is 0 Å². The molecule has 0 fully saturated rings. The van der Waals surface area contributed by atoms with E-state index in [0.29, 0.717) is 12.1 Å². The van der Waals surface area contributed by atoms with Crippen LogP contribution in [0.3, 0.4) is 0 Å². The molecule has 2 aromatic rings. The smallest absolute Gasteiger partial charge is 0.383 e. The molecule has 1 aliphatic heterocycles. The second-order valence-corrected chi connectivity index (χ2v) is 7.03. The lowest BCUT2D eigenvalue weighted by Gasteiger charge is -2.14. The van der Waals surface area contributed by atoms with Crippen LogP contribution in [0.2, 0.25) is 0 Å². The van der Waals surface area contributed by atoms with Crippen molar-refractivity contribution in [2.24, 2.45) is 17.1 Å². The molecule has 2 heterocycles. The van der Waals surface area contributed by atoms with Crippen LogP contribution < -0.4 is 16.1 Å². The summed E-state index contributed by atoms with van der Waals surface area (Å²) in [6, 6.07) is 7.64. The number of alkyl halides is 3. The van der Waals surface area contributed by atoms with Gasteiger partial charge >= 0.3 is 6.18 Å². The summed E-state index contributed by atoms with van der Waals surface area (Å²) in [5.74, 6) is 0.0808. The normalized spacial score (nSPS) is 16.3. The molecule has 3 rings (SSSR count). The quantitative estimate of drug-likeness (QED) is 0.649. The SMILES string of the molecule is CC1=NNC(=NC=CNC(C)c2cccc(NC(=O)c3cc(C(F)(F)F)nn3C)c2)C1. The monoisotopic (exact) mass is 433 g/mol. The third-order valence-electron chi connectivity index (χ3n) is 4.50. The standard InChI is InChI=1S/C20H22F3N7O/c1-12-9-18(28-27-12)25-8-7-24-13(2)14-5-4-6-15(10-14)26-19(31)16-11-17(20(21,22)23)29-30(16)3/h4-8,10-11,13,24H,9H2,1-3H3,(H,25,28)(H,26,31). The van der Waals surface area contributed by atoms with Crippen LogP contribution >= 0.6 is 0 Å². The Kier molecular flexibility index (Phi) is 6.42. The zero-order chi connectivity index (χ0) is 22.6. The highest BCUT2D eigenvalue weighted by Crippen LogP contribution is 2.28. The zero-order valence-electron chi connectivity index (χ0n) is 17.2. The van der Waals surface area contributed by atoms with Crippen molar-refractivity contribution in [1.29, 1.82) is 0 Å². The van der Waals surface area contributed by atoms with E-state index in [0.717, 1.165) is 27.9 Å². The minimum Gasteiger partial charge on any atom is -0.383 e. The minimum absolute atomic E-state index is 0.101. The summed E-state index contributed by atoms with van der Waals surface area (Å²) in [4.78, 5) is 16.7. The fourth-order valence-corrected chi connectivity index (χ4v) is 2.87. The molecule has 0 saturated carbocycles. The fourth-order valence-electron chi connectivity index (χ4n) is 2.87. The van der Waals surface area contributed by atoms with Crippen LogP contribution in [0, 0.1) is 0 Å². The molecule has 0 aliphatic carbocycles. The molecule has 0 saturated heterocycles. The van der Waals surface area contributed by atoms with Gasteiger partial charge in [-0.3, -0.25) is 14.9 Å². The Balaban J connectivity index is 1.62.